The molecule has 2 amide bonds. The van der Waals surface area contributed by atoms with Crippen LogP contribution in [0.3, 0.4) is 0 Å². The van der Waals surface area contributed by atoms with Crippen LogP contribution in [0.5, 0.6) is 5.75 Å². The number of rotatable bonds is 7. The summed E-state index contributed by atoms with van der Waals surface area (Å²) < 4.78 is 21.0. The van der Waals surface area contributed by atoms with E-state index in [1.807, 2.05) is 0 Å². The van der Waals surface area contributed by atoms with Gasteiger partial charge in [0.1, 0.15) is 11.6 Å². The first kappa shape index (κ1) is 23.5. The number of carbonyl (C=O) groups is 2. The number of amides is 2. The van der Waals surface area contributed by atoms with Crippen molar-refractivity contribution in [1.29, 1.82) is 0 Å². The third kappa shape index (κ3) is 4.95. The van der Waals surface area contributed by atoms with Crippen LogP contribution >= 0.6 is 11.6 Å². The Morgan fingerprint density at radius 1 is 1.06 bits per heavy atom. The zero-order valence-corrected chi connectivity index (χ0v) is 18.8. The number of nitrogens with one attached hydrogen (secondary N) is 2. The Morgan fingerprint density at radius 3 is 2.35 bits per heavy atom. The number of aromatic nitrogens is 1. The summed E-state index contributed by atoms with van der Waals surface area (Å²) in [7, 11) is 1.48. The van der Waals surface area contributed by atoms with Crippen LogP contribution < -0.4 is 16.2 Å². The molecule has 3 N–H and O–H groups in total. The van der Waals surface area contributed by atoms with E-state index in [9.17, 15) is 23.9 Å². The fraction of sp³-hybridized carbons (Fsp3) is 0.208. The fourth-order valence-electron chi connectivity index (χ4n) is 3.90. The highest BCUT2D eigenvalue weighted by atomic mass is 35.5. The van der Waals surface area contributed by atoms with Crippen LogP contribution in [0.1, 0.15) is 0 Å². The molecule has 1 fully saturated rings. The zero-order valence-electron chi connectivity index (χ0n) is 18.0. The monoisotopic (exact) mass is 485 g/mol. The number of hydrogen-bond acceptors (Lipinski definition) is 5. The maximum absolute atomic E-state index is 14.7. The van der Waals surface area contributed by atoms with Gasteiger partial charge in [0.2, 0.25) is 11.8 Å². The van der Waals surface area contributed by atoms with Gasteiger partial charge < -0.3 is 20.5 Å². The van der Waals surface area contributed by atoms with Gasteiger partial charge in [-0.3, -0.25) is 19.0 Å². The number of aromatic hydroxyl groups is 1. The van der Waals surface area contributed by atoms with E-state index in [4.69, 9.17) is 16.3 Å². The molecule has 10 heteroatoms. The van der Waals surface area contributed by atoms with Crippen molar-refractivity contribution in [3.63, 3.8) is 0 Å². The second kappa shape index (κ2) is 9.66. The number of ether oxygens (including phenoxy) is 1. The van der Waals surface area contributed by atoms with Gasteiger partial charge in [0.15, 0.2) is 0 Å². The fourth-order valence-corrected chi connectivity index (χ4v) is 4.03. The summed E-state index contributed by atoms with van der Waals surface area (Å²) in [5, 5.41) is 15.2. The van der Waals surface area contributed by atoms with Crippen LogP contribution in [0, 0.1) is 23.6 Å². The van der Waals surface area contributed by atoms with Gasteiger partial charge in [-0.1, -0.05) is 11.6 Å². The highest BCUT2D eigenvalue weighted by Gasteiger charge is 2.58. The van der Waals surface area contributed by atoms with Gasteiger partial charge in [-0.15, -0.1) is 0 Å². The first-order valence-corrected chi connectivity index (χ1v) is 10.7. The Bertz CT molecular complexity index is 1290. The van der Waals surface area contributed by atoms with Crippen LogP contribution in [0.4, 0.5) is 15.8 Å². The van der Waals surface area contributed by atoms with Crippen molar-refractivity contribution >= 4 is 34.8 Å². The van der Waals surface area contributed by atoms with E-state index in [-0.39, 0.29) is 35.6 Å². The lowest BCUT2D eigenvalue weighted by atomic mass is 10.2. The van der Waals surface area contributed by atoms with Crippen LogP contribution in [-0.2, 0) is 14.3 Å². The lowest BCUT2D eigenvalue weighted by molar-refractivity contribution is -0.122. The van der Waals surface area contributed by atoms with Crippen molar-refractivity contribution in [2.75, 3.05) is 24.4 Å². The molecule has 34 heavy (non-hydrogen) atoms. The van der Waals surface area contributed by atoms with Crippen molar-refractivity contribution in [2.45, 2.75) is 0 Å². The summed E-state index contributed by atoms with van der Waals surface area (Å²) in [5.74, 6) is -3.47. The summed E-state index contributed by atoms with van der Waals surface area (Å²) >= 11 is 5.86. The molecule has 4 rings (SSSR count). The van der Waals surface area contributed by atoms with Crippen molar-refractivity contribution in [1.82, 2.24) is 4.57 Å². The Balaban J connectivity index is 1.47. The summed E-state index contributed by atoms with van der Waals surface area (Å²) in [6, 6.07) is 12.8. The largest absolute Gasteiger partial charge is 0.508 e. The SMILES string of the molecule is COCC1C(C(=O)Nc2ccc(Cl)cc2)C1C(=O)Nc1ccc(-n2ccc(O)cc2=O)cc1F. The predicted octanol–water partition coefficient (Wildman–Crippen LogP) is 3.42. The quantitative estimate of drug-likeness (QED) is 0.475. The lowest BCUT2D eigenvalue weighted by Crippen LogP contribution is -2.21. The second-order valence-corrected chi connectivity index (χ2v) is 8.35. The molecule has 1 saturated carbocycles. The van der Waals surface area contributed by atoms with E-state index in [0.29, 0.717) is 10.7 Å². The molecule has 0 aliphatic heterocycles. The molecular formula is C24H21ClFN3O5. The molecule has 1 aliphatic carbocycles. The molecule has 8 nitrogen and oxygen atoms in total. The second-order valence-electron chi connectivity index (χ2n) is 7.91. The lowest BCUT2D eigenvalue weighted by Gasteiger charge is -2.10. The van der Waals surface area contributed by atoms with Crippen molar-refractivity contribution < 1.29 is 23.8 Å². The molecule has 3 atom stereocenters. The van der Waals surface area contributed by atoms with Gasteiger partial charge in [0.05, 0.1) is 29.8 Å². The number of carbonyl (C=O) groups excluding carboxylic acids is 2. The minimum atomic E-state index is -0.753. The molecule has 1 aliphatic rings. The normalized spacial score (nSPS) is 18.9. The van der Waals surface area contributed by atoms with Gasteiger partial charge >= 0.3 is 0 Å². The Morgan fingerprint density at radius 2 is 1.74 bits per heavy atom. The van der Waals surface area contributed by atoms with Gasteiger partial charge in [-0.05, 0) is 42.5 Å². The molecule has 0 saturated heterocycles. The highest BCUT2D eigenvalue weighted by molar-refractivity contribution is 6.30. The molecule has 0 spiro atoms. The van der Waals surface area contributed by atoms with Crippen molar-refractivity contribution in [2.24, 2.45) is 17.8 Å². The summed E-state index contributed by atoms with van der Waals surface area (Å²) in [6.45, 7) is 0.196. The first-order chi connectivity index (χ1) is 16.3. The van der Waals surface area contributed by atoms with Crippen molar-refractivity contribution in [3.8, 4) is 11.4 Å². The summed E-state index contributed by atoms with van der Waals surface area (Å²) in [6.07, 6.45) is 1.31. The minimum Gasteiger partial charge on any atom is -0.508 e. The maximum Gasteiger partial charge on any atom is 0.258 e. The number of benzene rings is 2. The zero-order chi connectivity index (χ0) is 24.4. The third-order valence-electron chi connectivity index (χ3n) is 5.64. The maximum atomic E-state index is 14.7. The van der Waals surface area contributed by atoms with E-state index < -0.39 is 29.1 Å². The molecule has 2 aromatic carbocycles. The molecule has 176 valence electrons. The van der Waals surface area contributed by atoms with E-state index in [0.717, 1.165) is 16.7 Å². The highest BCUT2D eigenvalue weighted by Crippen LogP contribution is 2.48. The van der Waals surface area contributed by atoms with Crippen LogP contribution in [0.25, 0.3) is 5.69 Å². The number of nitrogens with zero attached hydrogens (tertiary/aromatic N) is 1. The average molecular weight is 486 g/mol. The number of pyridine rings is 1. The topological polar surface area (TPSA) is 110 Å². The van der Waals surface area contributed by atoms with Gasteiger partial charge in [-0.2, -0.15) is 0 Å². The number of hydrogen-bond donors (Lipinski definition) is 3. The minimum absolute atomic E-state index is 0.0829. The Kier molecular flexibility index (Phi) is 6.67. The molecule has 1 aromatic heterocycles. The van der Waals surface area contributed by atoms with E-state index in [1.54, 1.807) is 24.3 Å². The molecule has 0 radical (unpaired) electrons. The van der Waals surface area contributed by atoms with Gasteiger partial charge in [0.25, 0.3) is 5.56 Å². The van der Waals surface area contributed by atoms with Crippen LogP contribution in [0.15, 0.2) is 65.6 Å². The summed E-state index contributed by atoms with van der Waals surface area (Å²) in [5.41, 5.74) is 0.152. The Hall–Kier alpha value is -3.69. The number of methoxy groups -OCH3 is 1. The Labute approximate surface area is 198 Å². The van der Waals surface area contributed by atoms with Gasteiger partial charge in [-0.25, -0.2) is 4.39 Å². The first-order valence-electron chi connectivity index (χ1n) is 10.4. The molecule has 3 unspecified atom stereocenters. The van der Waals surface area contributed by atoms with Crippen LogP contribution in [0.2, 0.25) is 5.02 Å². The van der Waals surface area contributed by atoms with Gasteiger partial charge in [0, 0.05) is 42.1 Å². The molecular weight excluding hydrogens is 465 g/mol. The van der Waals surface area contributed by atoms with E-state index in [1.165, 1.54) is 31.5 Å². The molecule has 1 heterocycles. The summed E-state index contributed by atoms with van der Waals surface area (Å²) in [4.78, 5) is 37.6. The van der Waals surface area contributed by atoms with Crippen molar-refractivity contribution in [3.05, 3.63) is 82.0 Å². The predicted molar refractivity (Wildman–Crippen MR) is 125 cm³/mol. The third-order valence-corrected chi connectivity index (χ3v) is 5.89. The average Bonchev–Trinajstić information content (AvgIpc) is 3.51. The number of anilines is 2. The molecule has 3 aromatic rings. The number of halogens is 2. The standard InChI is InChI=1S/C24H21ClFN3O5/c1-34-12-17-21(23(32)27-14-4-2-13(25)3-5-14)22(17)24(33)28-19-7-6-15(10-18(19)26)29-9-8-16(30)11-20(29)31/h2-11,17,21-22,30H,12H2,1H3,(H,27,32)(H,28,33). The van der Waals surface area contributed by atoms with Crippen LogP contribution in [-0.4, -0.2) is 35.2 Å². The van der Waals surface area contributed by atoms with E-state index >= 15 is 0 Å². The molecule has 0 bridgehead atoms. The smallest absolute Gasteiger partial charge is 0.258 e. The van der Waals surface area contributed by atoms with E-state index in [2.05, 4.69) is 10.6 Å².